The maximum absolute atomic E-state index is 10.9. The highest BCUT2D eigenvalue weighted by atomic mass is 31.2. The van der Waals surface area contributed by atoms with Crippen molar-refractivity contribution in [3.63, 3.8) is 0 Å². The Labute approximate surface area is 95.5 Å². The number of carbonyl (C=O) groups excluding carboxylic acids is 1. The fourth-order valence-electron chi connectivity index (χ4n) is 1.04. The number of aliphatic hydroxyl groups is 3. The van der Waals surface area contributed by atoms with E-state index in [0.29, 0.717) is 0 Å². The predicted octanol–water partition coefficient (Wildman–Crippen LogP) is -0.636. The molecule has 0 amide bonds. The van der Waals surface area contributed by atoms with Crippen molar-refractivity contribution >= 4 is 13.8 Å². The van der Waals surface area contributed by atoms with E-state index in [1.165, 1.54) is 0 Å². The van der Waals surface area contributed by atoms with E-state index in [9.17, 15) is 19.6 Å². The van der Waals surface area contributed by atoms with Gasteiger partial charge in [0.15, 0.2) is 11.9 Å². The molecule has 10 heteroatoms. The van der Waals surface area contributed by atoms with Crippen LogP contribution in [0.5, 0.6) is 0 Å². The Morgan fingerprint density at radius 2 is 2.12 bits per heavy atom. The molecule has 1 rings (SSSR count). The molecule has 1 aliphatic rings. The highest BCUT2D eigenvalue weighted by Gasteiger charge is 2.40. The summed E-state index contributed by atoms with van der Waals surface area (Å²) in [7, 11) is -3.36. The average Bonchev–Trinajstić information content (AvgIpc) is 2.54. The van der Waals surface area contributed by atoms with Crippen LogP contribution in [-0.2, 0) is 23.1 Å². The van der Waals surface area contributed by atoms with Gasteiger partial charge in [-0.3, -0.25) is 9.05 Å². The SMILES string of the molecule is COP(=O)(O)OC[C@H](O)C1OC(=O)C(O)=C1O. The van der Waals surface area contributed by atoms with Gasteiger partial charge >= 0.3 is 13.8 Å². The lowest BCUT2D eigenvalue weighted by atomic mass is 10.2. The van der Waals surface area contributed by atoms with Gasteiger partial charge in [0, 0.05) is 7.11 Å². The summed E-state index contributed by atoms with van der Waals surface area (Å²) in [5, 5.41) is 27.5. The summed E-state index contributed by atoms with van der Waals surface area (Å²) >= 11 is 0. The Bertz CT molecular complexity index is 389. The number of phosphoric ester groups is 1. The second kappa shape index (κ2) is 5.03. The normalized spacial score (nSPS) is 25.6. The number of hydrogen-bond donors (Lipinski definition) is 4. The van der Waals surface area contributed by atoms with Crippen molar-refractivity contribution < 1.29 is 43.4 Å². The van der Waals surface area contributed by atoms with Crippen molar-refractivity contribution in [3.05, 3.63) is 11.5 Å². The second-order valence-corrected chi connectivity index (χ2v) is 4.63. The molecule has 1 heterocycles. The number of esters is 1. The smallest absolute Gasteiger partial charge is 0.472 e. The number of hydrogen-bond acceptors (Lipinski definition) is 8. The minimum Gasteiger partial charge on any atom is -0.505 e. The van der Waals surface area contributed by atoms with E-state index < -0.39 is 44.1 Å². The zero-order valence-electron chi connectivity index (χ0n) is 8.64. The van der Waals surface area contributed by atoms with Gasteiger partial charge in [-0.05, 0) is 0 Å². The molecule has 0 spiro atoms. The third kappa shape index (κ3) is 3.18. The highest BCUT2D eigenvalue weighted by Crippen LogP contribution is 2.42. The highest BCUT2D eigenvalue weighted by molar-refractivity contribution is 7.47. The van der Waals surface area contributed by atoms with Gasteiger partial charge in [-0.25, -0.2) is 9.36 Å². The lowest BCUT2D eigenvalue weighted by Gasteiger charge is -2.18. The molecule has 4 N–H and O–H groups in total. The summed E-state index contributed by atoms with van der Waals surface area (Å²) in [5.74, 6) is -3.09. The van der Waals surface area contributed by atoms with Gasteiger partial charge in [0.25, 0.3) is 0 Å². The van der Waals surface area contributed by atoms with Crippen molar-refractivity contribution in [2.45, 2.75) is 12.2 Å². The Kier molecular flexibility index (Phi) is 4.12. The molecule has 0 saturated carbocycles. The summed E-state index contributed by atoms with van der Waals surface area (Å²) in [6.07, 6.45) is -3.17. The zero-order valence-corrected chi connectivity index (χ0v) is 9.53. The molecular formula is C7H11O9P. The Morgan fingerprint density at radius 3 is 2.53 bits per heavy atom. The van der Waals surface area contributed by atoms with Crippen LogP contribution in [0.25, 0.3) is 0 Å². The van der Waals surface area contributed by atoms with Gasteiger partial charge in [0.1, 0.15) is 6.10 Å². The van der Waals surface area contributed by atoms with Gasteiger partial charge in [-0.1, -0.05) is 0 Å². The largest absolute Gasteiger partial charge is 0.505 e. The molecule has 9 nitrogen and oxygen atoms in total. The minimum atomic E-state index is -4.28. The maximum atomic E-state index is 10.9. The number of carbonyl (C=O) groups is 1. The summed E-state index contributed by atoms with van der Waals surface area (Å²) in [4.78, 5) is 19.6. The Morgan fingerprint density at radius 1 is 1.53 bits per heavy atom. The van der Waals surface area contributed by atoms with Crippen molar-refractivity contribution in [1.29, 1.82) is 0 Å². The summed E-state index contributed by atoms with van der Waals surface area (Å²) in [6, 6.07) is 0. The lowest BCUT2D eigenvalue weighted by Crippen LogP contribution is -2.32. The molecule has 0 bridgehead atoms. The fraction of sp³-hybridized carbons (Fsp3) is 0.571. The van der Waals surface area contributed by atoms with Gasteiger partial charge in [0.05, 0.1) is 6.61 Å². The Hall–Kier alpha value is -1.12. The van der Waals surface area contributed by atoms with Gasteiger partial charge < -0.3 is 24.9 Å². The molecule has 1 aliphatic heterocycles. The molecule has 3 atom stereocenters. The quantitative estimate of drug-likeness (QED) is 0.379. The molecule has 0 radical (unpaired) electrons. The number of cyclic esters (lactones) is 1. The van der Waals surface area contributed by atoms with Crippen LogP contribution in [0.15, 0.2) is 11.5 Å². The van der Waals surface area contributed by atoms with E-state index in [0.717, 1.165) is 7.11 Å². The zero-order chi connectivity index (χ0) is 13.2. The summed E-state index contributed by atoms with van der Waals surface area (Å²) < 4.78 is 23.6. The van der Waals surface area contributed by atoms with E-state index >= 15 is 0 Å². The second-order valence-electron chi connectivity index (χ2n) is 3.07. The lowest BCUT2D eigenvalue weighted by molar-refractivity contribution is -0.147. The first-order valence-corrected chi connectivity index (χ1v) is 5.82. The molecule has 0 aromatic heterocycles. The number of aliphatic hydroxyl groups excluding tert-OH is 3. The minimum absolute atomic E-state index is 0.739. The topological polar surface area (TPSA) is 143 Å². The molecule has 0 aromatic carbocycles. The first-order chi connectivity index (χ1) is 7.78. The van der Waals surface area contributed by atoms with Crippen molar-refractivity contribution in [2.75, 3.05) is 13.7 Å². The van der Waals surface area contributed by atoms with Crippen LogP contribution in [0.1, 0.15) is 0 Å². The van der Waals surface area contributed by atoms with Crippen molar-refractivity contribution in [1.82, 2.24) is 0 Å². The molecular weight excluding hydrogens is 259 g/mol. The Balaban J connectivity index is 2.59. The van der Waals surface area contributed by atoms with Crippen molar-refractivity contribution in [2.24, 2.45) is 0 Å². The van der Waals surface area contributed by atoms with Gasteiger partial charge in [-0.15, -0.1) is 0 Å². The van der Waals surface area contributed by atoms with Crippen LogP contribution < -0.4 is 0 Å². The monoisotopic (exact) mass is 270 g/mol. The predicted molar refractivity (Wildman–Crippen MR) is 51.0 cm³/mol. The summed E-state index contributed by atoms with van der Waals surface area (Å²) in [5.41, 5.74) is 0. The van der Waals surface area contributed by atoms with E-state index in [4.69, 9.17) is 10.00 Å². The van der Waals surface area contributed by atoms with E-state index in [-0.39, 0.29) is 0 Å². The fourth-order valence-corrected chi connectivity index (χ4v) is 1.48. The van der Waals surface area contributed by atoms with Crippen LogP contribution in [0.3, 0.4) is 0 Å². The first-order valence-electron chi connectivity index (χ1n) is 4.32. The third-order valence-electron chi connectivity index (χ3n) is 1.93. The number of rotatable bonds is 5. The molecule has 98 valence electrons. The molecule has 2 unspecified atom stereocenters. The molecule has 17 heavy (non-hydrogen) atoms. The third-order valence-corrected chi connectivity index (χ3v) is 2.86. The van der Waals surface area contributed by atoms with Gasteiger partial charge in [0.2, 0.25) is 5.76 Å². The van der Waals surface area contributed by atoms with Crippen molar-refractivity contribution in [3.8, 4) is 0 Å². The van der Waals surface area contributed by atoms with Crippen LogP contribution >= 0.6 is 7.82 Å². The molecule has 0 fully saturated rings. The van der Waals surface area contributed by atoms with Crippen LogP contribution in [-0.4, -0.2) is 52.1 Å². The van der Waals surface area contributed by atoms with E-state index in [1.807, 2.05) is 0 Å². The van der Waals surface area contributed by atoms with E-state index in [1.54, 1.807) is 0 Å². The van der Waals surface area contributed by atoms with Crippen LogP contribution in [0, 0.1) is 0 Å². The van der Waals surface area contributed by atoms with Crippen LogP contribution in [0.4, 0.5) is 0 Å². The maximum Gasteiger partial charge on any atom is 0.472 e. The summed E-state index contributed by atoms with van der Waals surface area (Å²) in [6.45, 7) is -0.739. The number of ether oxygens (including phenoxy) is 1. The molecule has 0 saturated heterocycles. The standard InChI is InChI=1S/C7H11O9P/c1-14-17(12,13)15-2-3(8)6-4(9)5(10)7(11)16-6/h3,6,8-10H,2H2,1H3,(H,12,13)/t3-,6?/m0/s1. The first kappa shape index (κ1) is 13.9. The number of phosphoric acid groups is 1. The average molecular weight is 270 g/mol. The van der Waals surface area contributed by atoms with Gasteiger partial charge in [-0.2, -0.15) is 0 Å². The van der Waals surface area contributed by atoms with E-state index in [2.05, 4.69) is 13.8 Å². The van der Waals surface area contributed by atoms with Crippen LogP contribution in [0.2, 0.25) is 0 Å². The molecule has 0 aromatic rings. The molecule has 0 aliphatic carbocycles.